The lowest BCUT2D eigenvalue weighted by atomic mass is 10.0. The molecular formula is C27H34N4O3. The van der Waals surface area contributed by atoms with Crippen LogP contribution < -0.4 is 5.32 Å². The molecule has 1 amide bonds. The van der Waals surface area contributed by atoms with Gasteiger partial charge in [0.05, 0.1) is 19.8 Å². The van der Waals surface area contributed by atoms with Crippen LogP contribution in [0.1, 0.15) is 38.6 Å². The summed E-state index contributed by atoms with van der Waals surface area (Å²) in [7, 11) is 0. The second kappa shape index (κ2) is 11.9. The minimum Gasteiger partial charge on any atom is -0.447 e. The highest BCUT2D eigenvalue weighted by atomic mass is 16.5. The maximum atomic E-state index is 12.6. The number of ether oxygens (including phenoxy) is 1. The topological polar surface area (TPSA) is 70.8 Å². The van der Waals surface area contributed by atoms with E-state index < -0.39 is 0 Å². The van der Waals surface area contributed by atoms with Crippen LogP contribution in [0.4, 0.5) is 0 Å². The zero-order valence-electron chi connectivity index (χ0n) is 20.1. The Hall–Kier alpha value is -3.00. The third kappa shape index (κ3) is 7.00. The Balaban J connectivity index is 1.38. The van der Waals surface area contributed by atoms with E-state index in [2.05, 4.69) is 76.4 Å². The second-order valence-corrected chi connectivity index (χ2v) is 8.90. The molecule has 2 heterocycles. The van der Waals surface area contributed by atoms with E-state index in [4.69, 9.17) is 9.15 Å². The van der Waals surface area contributed by atoms with E-state index in [-0.39, 0.29) is 5.91 Å². The predicted octanol–water partition coefficient (Wildman–Crippen LogP) is 3.56. The first-order chi connectivity index (χ1) is 16.6. The molecule has 3 aromatic rings. The van der Waals surface area contributed by atoms with E-state index in [1.54, 1.807) is 0 Å². The van der Waals surface area contributed by atoms with Gasteiger partial charge in [-0.2, -0.15) is 0 Å². The first-order valence-electron chi connectivity index (χ1n) is 11.9. The Morgan fingerprint density at radius 3 is 2.65 bits per heavy atom. The highest BCUT2D eigenvalue weighted by molar-refractivity contribution is 5.91. The number of oxazole rings is 1. The molecule has 2 aromatic carbocycles. The smallest absolute Gasteiger partial charge is 0.273 e. The molecule has 1 saturated heterocycles. The van der Waals surface area contributed by atoms with Crippen molar-refractivity contribution in [2.75, 3.05) is 39.4 Å². The number of nitrogens with zero attached hydrogens (tertiary/aromatic N) is 3. The lowest BCUT2D eigenvalue weighted by Gasteiger charge is -2.26. The molecule has 0 spiro atoms. The number of hydrogen-bond donors (Lipinski definition) is 1. The Kier molecular flexibility index (Phi) is 8.46. The molecule has 1 aromatic heterocycles. The van der Waals surface area contributed by atoms with Gasteiger partial charge in [-0.25, -0.2) is 4.98 Å². The number of carbonyl (C=O) groups excluding carboxylic acids is 1. The molecule has 1 fully saturated rings. The number of aryl methyl sites for hydroxylation is 2. The summed E-state index contributed by atoms with van der Waals surface area (Å²) in [5, 5.41) is 2.95. The van der Waals surface area contributed by atoms with Gasteiger partial charge in [-0.3, -0.25) is 14.6 Å². The van der Waals surface area contributed by atoms with Gasteiger partial charge in [0.25, 0.3) is 5.91 Å². The summed E-state index contributed by atoms with van der Waals surface area (Å²) in [4.78, 5) is 21.6. The number of morpholine rings is 1. The molecule has 1 aliphatic rings. The minimum absolute atomic E-state index is 0.201. The van der Waals surface area contributed by atoms with Crippen LogP contribution in [-0.2, 0) is 24.4 Å². The van der Waals surface area contributed by atoms with Crippen molar-refractivity contribution in [2.24, 2.45) is 0 Å². The van der Waals surface area contributed by atoms with Crippen molar-refractivity contribution < 1.29 is 13.9 Å². The molecule has 0 radical (unpaired) electrons. The molecule has 0 saturated carbocycles. The molecule has 1 aliphatic heterocycles. The van der Waals surface area contributed by atoms with Crippen molar-refractivity contribution in [3.8, 4) is 0 Å². The molecule has 0 atom stereocenters. The van der Waals surface area contributed by atoms with E-state index in [9.17, 15) is 4.79 Å². The highest BCUT2D eigenvalue weighted by Gasteiger charge is 2.17. The Labute approximate surface area is 201 Å². The molecule has 180 valence electrons. The Morgan fingerprint density at radius 2 is 1.85 bits per heavy atom. The van der Waals surface area contributed by atoms with Gasteiger partial charge in [-0.1, -0.05) is 54.1 Å². The quantitative estimate of drug-likeness (QED) is 0.497. The van der Waals surface area contributed by atoms with Gasteiger partial charge in [0.1, 0.15) is 6.26 Å². The summed E-state index contributed by atoms with van der Waals surface area (Å²) in [5.74, 6) is 0.340. The molecule has 4 rings (SSSR count). The summed E-state index contributed by atoms with van der Waals surface area (Å²) in [6, 6.07) is 16.9. The Bertz CT molecular complexity index is 1060. The number of hydrogen-bond acceptors (Lipinski definition) is 6. The first-order valence-corrected chi connectivity index (χ1v) is 11.9. The zero-order chi connectivity index (χ0) is 23.8. The molecule has 34 heavy (non-hydrogen) atoms. The van der Waals surface area contributed by atoms with Crippen LogP contribution in [0.5, 0.6) is 0 Å². The second-order valence-electron chi connectivity index (χ2n) is 8.90. The van der Waals surface area contributed by atoms with E-state index in [1.165, 1.54) is 28.5 Å². The molecule has 0 aliphatic carbocycles. The third-order valence-electron chi connectivity index (χ3n) is 6.11. The van der Waals surface area contributed by atoms with Crippen LogP contribution in [0, 0.1) is 13.8 Å². The van der Waals surface area contributed by atoms with E-state index in [1.807, 2.05) is 6.07 Å². The summed E-state index contributed by atoms with van der Waals surface area (Å²) >= 11 is 0. The molecule has 0 bridgehead atoms. The summed E-state index contributed by atoms with van der Waals surface area (Å²) < 4.78 is 11.1. The molecular weight excluding hydrogens is 428 g/mol. The van der Waals surface area contributed by atoms with E-state index in [0.29, 0.717) is 24.7 Å². The van der Waals surface area contributed by atoms with Gasteiger partial charge in [0, 0.05) is 39.3 Å². The van der Waals surface area contributed by atoms with Crippen molar-refractivity contribution in [1.29, 1.82) is 0 Å². The third-order valence-corrected chi connectivity index (χ3v) is 6.11. The van der Waals surface area contributed by atoms with Crippen LogP contribution in [0.15, 0.2) is 59.2 Å². The highest BCUT2D eigenvalue weighted by Crippen LogP contribution is 2.18. The zero-order valence-corrected chi connectivity index (χ0v) is 20.1. The summed E-state index contributed by atoms with van der Waals surface area (Å²) in [6.45, 7) is 11.0. The summed E-state index contributed by atoms with van der Waals surface area (Å²) in [6.07, 6.45) is 1.46. The van der Waals surface area contributed by atoms with Gasteiger partial charge in [-0.15, -0.1) is 0 Å². The van der Waals surface area contributed by atoms with Crippen molar-refractivity contribution in [1.82, 2.24) is 20.1 Å². The molecule has 7 heteroatoms. The van der Waals surface area contributed by atoms with Crippen molar-refractivity contribution >= 4 is 5.91 Å². The monoisotopic (exact) mass is 462 g/mol. The van der Waals surface area contributed by atoms with E-state index in [0.717, 1.165) is 45.9 Å². The molecule has 7 nitrogen and oxygen atoms in total. The standard InChI is InChI=1S/C27H34N4O3/c1-21-8-9-22(2)24(16-21)18-31(17-23-6-4-3-5-7-23)19-26-29-25(20-34-26)27(32)28-10-11-30-12-14-33-15-13-30/h3-9,16,20H,10-15,17-19H2,1-2H3,(H,28,32). The largest absolute Gasteiger partial charge is 0.447 e. The fraction of sp³-hybridized carbons (Fsp3) is 0.407. The van der Waals surface area contributed by atoms with Crippen LogP contribution in [-0.4, -0.2) is 60.1 Å². The Morgan fingerprint density at radius 1 is 1.06 bits per heavy atom. The van der Waals surface area contributed by atoms with Crippen LogP contribution in [0.3, 0.4) is 0 Å². The number of benzene rings is 2. The number of amides is 1. The summed E-state index contributed by atoms with van der Waals surface area (Å²) in [5.41, 5.74) is 5.33. The fourth-order valence-corrected chi connectivity index (χ4v) is 4.14. The van der Waals surface area contributed by atoms with Gasteiger partial charge < -0.3 is 14.5 Å². The SMILES string of the molecule is Cc1ccc(C)c(CN(Cc2ccccc2)Cc2nc(C(=O)NCCN3CCOCC3)co2)c1. The van der Waals surface area contributed by atoms with Gasteiger partial charge in [-0.05, 0) is 30.5 Å². The molecule has 1 N–H and O–H groups in total. The lowest BCUT2D eigenvalue weighted by molar-refractivity contribution is 0.0383. The number of nitrogens with one attached hydrogen (secondary N) is 1. The number of aromatic nitrogens is 1. The fourth-order valence-electron chi connectivity index (χ4n) is 4.14. The van der Waals surface area contributed by atoms with Gasteiger partial charge in [0.15, 0.2) is 5.69 Å². The van der Waals surface area contributed by atoms with Crippen molar-refractivity contribution in [3.63, 3.8) is 0 Å². The van der Waals surface area contributed by atoms with E-state index >= 15 is 0 Å². The van der Waals surface area contributed by atoms with Crippen LogP contribution in [0.2, 0.25) is 0 Å². The maximum absolute atomic E-state index is 12.6. The first kappa shape index (κ1) is 24.1. The average Bonchev–Trinajstić information content (AvgIpc) is 3.31. The maximum Gasteiger partial charge on any atom is 0.273 e. The van der Waals surface area contributed by atoms with Crippen LogP contribution in [0.25, 0.3) is 0 Å². The van der Waals surface area contributed by atoms with Crippen LogP contribution >= 0.6 is 0 Å². The minimum atomic E-state index is -0.201. The van der Waals surface area contributed by atoms with Crippen molar-refractivity contribution in [3.05, 3.63) is 88.6 Å². The molecule has 0 unspecified atom stereocenters. The normalized spacial score (nSPS) is 14.4. The lowest BCUT2D eigenvalue weighted by Crippen LogP contribution is -2.41. The number of carbonyl (C=O) groups is 1. The number of rotatable bonds is 10. The average molecular weight is 463 g/mol. The van der Waals surface area contributed by atoms with Gasteiger partial charge in [0.2, 0.25) is 5.89 Å². The van der Waals surface area contributed by atoms with Gasteiger partial charge >= 0.3 is 0 Å². The van der Waals surface area contributed by atoms with Crippen molar-refractivity contribution in [2.45, 2.75) is 33.5 Å². The predicted molar refractivity (Wildman–Crippen MR) is 131 cm³/mol.